The van der Waals surface area contributed by atoms with E-state index in [0.717, 1.165) is 28.8 Å². The minimum atomic E-state index is 0.0448. The second-order valence-corrected chi connectivity index (χ2v) is 6.98. The van der Waals surface area contributed by atoms with E-state index < -0.39 is 0 Å². The van der Waals surface area contributed by atoms with Crippen LogP contribution in [0.4, 0.5) is 0 Å². The molecule has 1 saturated heterocycles. The van der Waals surface area contributed by atoms with Gasteiger partial charge in [0.2, 0.25) is 0 Å². The van der Waals surface area contributed by atoms with Crippen molar-refractivity contribution < 1.29 is 4.79 Å². The number of halogens is 1. The van der Waals surface area contributed by atoms with Gasteiger partial charge in [-0.3, -0.25) is 9.69 Å². The molecule has 0 saturated carbocycles. The van der Waals surface area contributed by atoms with Crippen molar-refractivity contribution in [2.75, 3.05) is 26.7 Å². The summed E-state index contributed by atoms with van der Waals surface area (Å²) in [5, 5.41) is 0. The van der Waals surface area contributed by atoms with Gasteiger partial charge in [-0.15, -0.1) is 0 Å². The van der Waals surface area contributed by atoms with Crippen molar-refractivity contribution in [3.05, 3.63) is 32.9 Å². The van der Waals surface area contributed by atoms with Gasteiger partial charge in [-0.2, -0.15) is 0 Å². The SMILES string of the molecule is Cc1cccc(C(=O)N2CCN(C)C(C)(C)C2)c1I. The second-order valence-electron chi connectivity index (χ2n) is 5.90. The number of rotatable bonds is 1. The number of carbonyl (C=O) groups is 1. The van der Waals surface area contributed by atoms with Crippen molar-refractivity contribution in [1.29, 1.82) is 0 Å². The lowest BCUT2D eigenvalue weighted by atomic mass is 9.99. The fourth-order valence-electron chi connectivity index (χ4n) is 2.40. The van der Waals surface area contributed by atoms with Gasteiger partial charge in [-0.25, -0.2) is 0 Å². The lowest BCUT2D eigenvalue weighted by Crippen LogP contribution is -2.58. The zero-order chi connectivity index (χ0) is 14.2. The molecule has 0 spiro atoms. The smallest absolute Gasteiger partial charge is 0.255 e. The van der Waals surface area contributed by atoms with Crippen LogP contribution in [0.25, 0.3) is 0 Å². The number of likely N-dealkylation sites (N-methyl/N-ethyl adjacent to an activating group) is 1. The molecule has 0 unspecified atom stereocenters. The standard InChI is InChI=1S/C15H21IN2O/c1-11-6-5-7-12(13(11)16)14(19)18-9-8-17(4)15(2,3)10-18/h5-7H,8-10H2,1-4H3. The Kier molecular flexibility index (Phi) is 4.20. The highest BCUT2D eigenvalue weighted by Crippen LogP contribution is 2.23. The maximum atomic E-state index is 12.7. The van der Waals surface area contributed by atoms with E-state index in [1.807, 2.05) is 30.0 Å². The lowest BCUT2D eigenvalue weighted by Gasteiger charge is -2.45. The maximum absolute atomic E-state index is 12.7. The Morgan fingerprint density at radius 1 is 1.32 bits per heavy atom. The van der Waals surface area contributed by atoms with E-state index in [4.69, 9.17) is 0 Å². The number of benzene rings is 1. The summed E-state index contributed by atoms with van der Waals surface area (Å²) in [4.78, 5) is 17.0. The number of piperazine rings is 1. The molecule has 4 heteroatoms. The third-order valence-corrected chi connectivity index (χ3v) is 5.46. The van der Waals surface area contributed by atoms with Crippen LogP contribution in [0.5, 0.6) is 0 Å². The molecule has 0 N–H and O–H groups in total. The molecule has 3 nitrogen and oxygen atoms in total. The molecular weight excluding hydrogens is 351 g/mol. The van der Waals surface area contributed by atoms with Crippen LogP contribution in [-0.4, -0.2) is 47.9 Å². The van der Waals surface area contributed by atoms with Crippen LogP contribution >= 0.6 is 22.6 Å². The summed E-state index contributed by atoms with van der Waals surface area (Å²) in [6.45, 7) is 8.95. The lowest BCUT2D eigenvalue weighted by molar-refractivity contribution is 0.0310. The Bertz CT molecular complexity index is 499. The van der Waals surface area contributed by atoms with E-state index in [0.29, 0.717) is 0 Å². The van der Waals surface area contributed by atoms with Gasteiger partial charge in [0.25, 0.3) is 5.91 Å². The molecule has 0 bridgehead atoms. The van der Waals surface area contributed by atoms with Gasteiger partial charge in [0, 0.05) is 28.7 Å². The van der Waals surface area contributed by atoms with Crippen LogP contribution in [0.2, 0.25) is 0 Å². The van der Waals surface area contributed by atoms with Crippen molar-refractivity contribution in [3.8, 4) is 0 Å². The molecule has 19 heavy (non-hydrogen) atoms. The highest BCUT2D eigenvalue weighted by Gasteiger charge is 2.33. The zero-order valence-electron chi connectivity index (χ0n) is 12.0. The van der Waals surface area contributed by atoms with E-state index in [2.05, 4.69) is 48.4 Å². The average Bonchev–Trinajstić information content (AvgIpc) is 2.35. The quantitative estimate of drug-likeness (QED) is 0.708. The molecule has 1 aromatic rings. The molecule has 104 valence electrons. The molecule has 1 aliphatic heterocycles. The zero-order valence-corrected chi connectivity index (χ0v) is 14.2. The number of carbonyl (C=O) groups excluding carboxylic acids is 1. The third kappa shape index (κ3) is 2.94. The molecule has 0 atom stereocenters. The number of hydrogen-bond donors (Lipinski definition) is 0. The molecule has 1 fully saturated rings. The number of nitrogens with zero attached hydrogens (tertiary/aromatic N) is 2. The summed E-state index contributed by atoms with van der Waals surface area (Å²) in [5.41, 5.74) is 2.05. The normalized spacial score (nSPS) is 19.5. The van der Waals surface area contributed by atoms with Gasteiger partial charge in [0.05, 0.1) is 5.56 Å². The minimum absolute atomic E-state index is 0.0448. The van der Waals surface area contributed by atoms with Crippen LogP contribution in [0.15, 0.2) is 18.2 Å². The Hall–Kier alpha value is -0.620. The molecule has 1 aromatic carbocycles. The highest BCUT2D eigenvalue weighted by atomic mass is 127. The Labute approximate surface area is 129 Å². The molecule has 2 rings (SSSR count). The first-order valence-electron chi connectivity index (χ1n) is 6.58. The van der Waals surface area contributed by atoms with E-state index in [9.17, 15) is 4.79 Å². The molecular formula is C15H21IN2O. The highest BCUT2D eigenvalue weighted by molar-refractivity contribution is 14.1. The van der Waals surface area contributed by atoms with Crippen LogP contribution in [-0.2, 0) is 0 Å². The summed E-state index contributed by atoms with van der Waals surface area (Å²) in [6, 6.07) is 5.95. The average molecular weight is 372 g/mol. The van der Waals surface area contributed by atoms with Gasteiger partial charge >= 0.3 is 0 Å². The topological polar surface area (TPSA) is 23.6 Å². The van der Waals surface area contributed by atoms with Crippen molar-refractivity contribution in [2.45, 2.75) is 26.3 Å². The van der Waals surface area contributed by atoms with Crippen LogP contribution in [0.3, 0.4) is 0 Å². The summed E-state index contributed by atoms with van der Waals surface area (Å²) in [5.74, 6) is 0.161. The van der Waals surface area contributed by atoms with Crippen molar-refractivity contribution in [2.24, 2.45) is 0 Å². The van der Waals surface area contributed by atoms with Gasteiger partial charge in [0.1, 0.15) is 0 Å². The molecule has 1 amide bonds. The minimum Gasteiger partial charge on any atom is -0.335 e. The second kappa shape index (κ2) is 5.40. The first-order valence-corrected chi connectivity index (χ1v) is 7.66. The predicted octanol–water partition coefficient (Wildman–Crippen LogP) is 2.77. The molecule has 0 aliphatic carbocycles. The number of aryl methyl sites for hydroxylation is 1. The van der Waals surface area contributed by atoms with Crippen LogP contribution in [0, 0.1) is 10.5 Å². The number of amides is 1. The van der Waals surface area contributed by atoms with Crippen LogP contribution in [0.1, 0.15) is 29.8 Å². The van der Waals surface area contributed by atoms with E-state index in [1.54, 1.807) is 0 Å². The Morgan fingerprint density at radius 3 is 2.63 bits per heavy atom. The van der Waals surface area contributed by atoms with Crippen LogP contribution < -0.4 is 0 Å². The van der Waals surface area contributed by atoms with E-state index in [1.165, 1.54) is 5.56 Å². The summed E-state index contributed by atoms with van der Waals surface area (Å²) < 4.78 is 1.07. The maximum Gasteiger partial charge on any atom is 0.255 e. The van der Waals surface area contributed by atoms with Gasteiger partial charge in [0.15, 0.2) is 0 Å². The monoisotopic (exact) mass is 372 g/mol. The number of hydrogen-bond acceptors (Lipinski definition) is 2. The van der Waals surface area contributed by atoms with Gasteiger partial charge in [-0.1, -0.05) is 12.1 Å². The summed E-state index contributed by atoms with van der Waals surface area (Å²) >= 11 is 2.27. The predicted molar refractivity (Wildman–Crippen MR) is 86.5 cm³/mol. The molecule has 0 radical (unpaired) electrons. The van der Waals surface area contributed by atoms with Crippen molar-refractivity contribution >= 4 is 28.5 Å². The van der Waals surface area contributed by atoms with Gasteiger partial charge < -0.3 is 4.90 Å². The summed E-state index contributed by atoms with van der Waals surface area (Å²) in [7, 11) is 2.12. The first kappa shape index (κ1) is 14.8. The van der Waals surface area contributed by atoms with Crippen molar-refractivity contribution in [3.63, 3.8) is 0 Å². The van der Waals surface area contributed by atoms with E-state index >= 15 is 0 Å². The Balaban J connectivity index is 2.23. The largest absolute Gasteiger partial charge is 0.335 e. The first-order chi connectivity index (χ1) is 8.83. The molecule has 1 heterocycles. The fourth-order valence-corrected chi connectivity index (χ4v) is 2.99. The summed E-state index contributed by atoms with van der Waals surface area (Å²) in [6.07, 6.45) is 0. The fraction of sp³-hybridized carbons (Fsp3) is 0.533. The molecule has 1 aliphatic rings. The van der Waals surface area contributed by atoms with E-state index in [-0.39, 0.29) is 11.4 Å². The third-order valence-electron chi connectivity index (χ3n) is 4.03. The Morgan fingerprint density at radius 2 is 2.00 bits per heavy atom. The molecule has 0 aromatic heterocycles. The van der Waals surface area contributed by atoms with Crippen molar-refractivity contribution in [1.82, 2.24) is 9.80 Å². The van der Waals surface area contributed by atoms with Gasteiger partial charge in [-0.05, 0) is 62.0 Å².